The number of unbranched alkanes of at least 4 members (excludes halogenated alkanes) is 3. The maximum atomic E-state index is 5.95. The highest BCUT2D eigenvalue weighted by atomic mass is 16.5. The standard InChI is InChI=1S/C25H34O/c1-3-4-5-9-20-26-24-16-14-23(15-17-24)25(18-7-6-8-19-25)22-12-10-21(2)11-13-22/h10-17H,3-9,18-20H2,1-2H3. The smallest absolute Gasteiger partial charge is 0.119 e. The molecule has 0 aliphatic heterocycles. The van der Waals surface area contributed by atoms with Gasteiger partial charge < -0.3 is 4.74 Å². The molecular formula is C25H34O. The van der Waals surface area contributed by atoms with Crippen LogP contribution >= 0.6 is 0 Å². The Morgan fingerprint density at radius 2 is 1.38 bits per heavy atom. The minimum Gasteiger partial charge on any atom is -0.494 e. The van der Waals surface area contributed by atoms with Gasteiger partial charge in [-0.15, -0.1) is 0 Å². The summed E-state index contributed by atoms with van der Waals surface area (Å²) in [6.07, 6.45) is 11.5. The number of ether oxygens (including phenoxy) is 1. The molecular weight excluding hydrogens is 316 g/mol. The summed E-state index contributed by atoms with van der Waals surface area (Å²) in [5.74, 6) is 1.01. The lowest BCUT2D eigenvalue weighted by Gasteiger charge is -2.38. The van der Waals surface area contributed by atoms with Gasteiger partial charge in [-0.3, -0.25) is 0 Å². The predicted octanol–water partition coefficient (Wildman–Crippen LogP) is 7.20. The summed E-state index contributed by atoms with van der Waals surface area (Å²) < 4.78 is 5.95. The van der Waals surface area contributed by atoms with Crippen molar-refractivity contribution in [3.63, 3.8) is 0 Å². The molecule has 0 unspecified atom stereocenters. The predicted molar refractivity (Wildman–Crippen MR) is 111 cm³/mol. The fourth-order valence-electron chi connectivity index (χ4n) is 4.36. The Kier molecular flexibility index (Phi) is 6.77. The van der Waals surface area contributed by atoms with Gasteiger partial charge in [0.25, 0.3) is 0 Å². The molecule has 0 atom stereocenters. The lowest BCUT2D eigenvalue weighted by Crippen LogP contribution is -2.30. The van der Waals surface area contributed by atoms with E-state index in [9.17, 15) is 0 Å². The Bertz CT molecular complexity index is 648. The normalized spacial score (nSPS) is 16.4. The van der Waals surface area contributed by atoms with E-state index in [1.165, 1.54) is 68.1 Å². The molecule has 3 rings (SSSR count). The van der Waals surface area contributed by atoms with Crippen molar-refractivity contribution < 1.29 is 4.74 Å². The van der Waals surface area contributed by atoms with Crippen LogP contribution in [0.15, 0.2) is 48.5 Å². The SMILES string of the molecule is CCCCCCOc1ccc(C2(c3ccc(C)cc3)CCCCC2)cc1. The molecule has 140 valence electrons. The summed E-state index contributed by atoms with van der Waals surface area (Å²) in [6, 6.07) is 18.2. The second-order valence-corrected chi connectivity index (χ2v) is 7.94. The average Bonchev–Trinajstić information content (AvgIpc) is 2.69. The molecule has 0 spiro atoms. The van der Waals surface area contributed by atoms with E-state index >= 15 is 0 Å². The third kappa shape index (κ3) is 4.50. The van der Waals surface area contributed by atoms with Crippen molar-refractivity contribution in [1.29, 1.82) is 0 Å². The molecule has 1 fully saturated rings. The minimum atomic E-state index is 0.186. The lowest BCUT2D eigenvalue weighted by atomic mass is 9.65. The second kappa shape index (κ2) is 9.26. The van der Waals surface area contributed by atoms with E-state index in [0.29, 0.717) is 0 Å². The van der Waals surface area contributed by atoms with E-state index in [1.807, 2.05) is 0 Å². The first-order valence-electron chi connectivity index (χ1n) is 10.5. The Labute approximate surface area is 159 Å². The molecule has 0 aromatic heterocycles. The van der Waals surface area contributed by atoms with E-state index in [4.69, 9.17) is 4.74 Å². The van der Waals surface area contributed by atoms with E-state index in [1.54, 1.807) is 0 Å². The summed E-state index contributed by atoms with van der Waals surface area (Å²) in [5.41, 5.74) is 4.47. The van der Waals surface area contributed by atoms with Gasteiger partial charge in [0.15, 0.2) is 0 Å². The van der Waals surface area contributed by atoms with E-state index < -0.39 is 0 Å². The number of aryl methyl sites for hydroxylation is 1. The first kappa shape index (κ1) is 19.0. The van der Waals surface area contributed by atoms with E-state index in [-0.39, 0.29) is 5.41 Å². The van der Waals surface area contributed by atoms with Gasteiger partial charge in [-0.25, -0.2) is 0 Å². The Morgan fingerprint density at radius 1 is 0.769 bits per heavy atom. The van der Waals surface area contributed by atoms with Crippen LogP contribution in [-0.2, 0) is 5.41 Å². The van der Waals surface area contributed by atoms with Gasteiger partial charge >= 0.3 is 0 Å². The Morgan fingerprint density at radius 3 is 2.00 bits per heavy atom. The lowest BCUT2D eigenvalue weighted by molar-refractivity contribution is 0.304. The second-order valence-electron chi connectivity index (χ2n) is 7.94. The van der Waals surface area contributed by atoms with Gasteiger partial charge in [-0.05, 0) is 49.4 Å². The topological polar surface area (TPSA) is 9.23 Å². The van der Waals surface area contributed by atoms with Crippen LogP contribution in [0.25, 0.3) is 0 Å². The molecule has 2 aromatic carbocycles. The molecule has 0 heterocycles. The van der Waals surface area contributed by atoms with Crippen LogP contribution in [0, 0.1) is 6.92 Å². The third-order valence-corrected chi connectivity index (χ3v) is 5.98. The van der Waals surface area contributed by atoms with Crippen LogP contribution in [0.2, 0.25) is 0 Å². The molecule has 1 nitrogen and oxygen atoms in total. The average molecular weight is 351 g/mol. The van der Waals surface area contributed by atoms with Crippen molar-refractivity contribution in [2.24, 2.45) is 0 Å². The maximum absolute atomic E-state index is 5.95. The largest absolute Gasteiger partial charge is 0.494 e. The molecule has 26 heavy (non-hydrogen) atoms. The first-order valence-corrected chi connectivity index (χ1v) is 10.5. The zero-order valence-electron chi connectivity index (χ0n) is 16.6. The molecule has 1 saturated carbocycles. The maximum Gasteiger partial charge on any atom is 0.119 e. The molecule has 0 saturated heterocycles. The highest BCUT2D eigenvalue weighted by molar-refractivity contribution is 5.42. The zero-order chi connectivity index (χ0) is 18.2. The first-order chi connectivity index (χ1) is 12.7. The fraction of sp³-hybridized carbons (Fsp3) is 0.520. The van der Waals surface area contributed by atoms with Crippen LogP contribution in [-0.4, -0.2) is 6.61 Å². The molecule has 1 aliphatic carbocycles. The van der Waals surface area contributed by atoms with Gasteiger partial charge in [0.05, 0.1) is 6.61 Å². The molecule has 2 aromatic rings. The van der Waals surface area contributed by atoms with Gasteiger partial charge in [0.1, 0.15) is 5.75 Å². The van der Waals surface area contributed by atoms with Gasteiger partial charge in [0.2, 0.25) is 0 Å². The summed E-state index contributed by atoms with van der Waals surface area (Å²) >= 11 is 0. The number of rotatable bonds is 8. The summed E-state index contributed by atoms with van der Waals surface area (Å²) in [7, 11) is 0. The molecule has 1 heteroatoms. The van der Waals surface area contributed by atoms with Crippen molar-refractivity contribution in [1.82, 2.24) is 0 Å². The minimum absolute atomic E-state index is 0.186. The molecule has 0 radical (unpaired) electrons. The molecule has 0 bridgehead atoms. The number of hydrogen-bond donors (Lipinski definition) is 0. The number of hydrogen-bond acceptors (Lipinski definition) is 1. The van der Waals surface area contributed by atoms with Crippen molar-refractivity contribution in [3.8, 4) is 5.75 Å². The van der Waals surface area contributed by atoms with Gasteiger partial charge in [-0.1, -0.05) is 87.4 Å². The van der Waals surface area contributed by atoms with Crippen LogP contribution < -0.4 is 4.74 Å². The van der Waals surface area contributed by atoms with Crippen LogP contribution in [0.4, 0.5) is 0 Å². The van der Waals surface area contributed by atoms with Crippen molar-refractivity contribution in [2.45, 2.75) is 77.0 Å². The molecule has 0 amide bonds. The summed E-state index contributed by atoms with van der Waals surface area (Å²) in [5, 5.41) is 0. The van der Waals surface area contributed by atoms with E-state index in [2.05, 4.69) is 62.4 Å². The van der Waals surface area contributed by atoms with Crippen LogP contribution in [0.5, 0.6) is 5.75 Å². The van der Waals surface area contributed by atoms with Crippen LogP contribution in [0.3, 0.4) is 0 Å². The highest BCUT2D eigenvalue weighted by Gasteiger charge is 2.35. The van der Waals surface area contributed by atoms with E-state index in [0.717, 1.165) is 18.8 Å². The van der Waals surface area contributed by atoms with Crippen molar-refractivity contribution in [3.05, 3.63) is 65.2 Å². The zero-order valence-corrected chi connectivity index (χ0v) is 16.6. The van der Waals surface area contributed by atoms with Crippen molar-refractivity contribution >= 4 is 0 Å². The highest BCUT2D eigenvalue weighted by Crippen LogP contribution is 2.45. The Balaban J connectivity index is 1.74. The summed E-state index contributed by atoms with van der Waals surface area (Å²) in [6.45, 7) is 5.25. The van der Waals surface area contributed by atoms with Crippen molar-refractivity contribution in [2.75, 3.05) is 6.61 Å². The third-order valence-electron chi connectivity index (χ3n) is 5.98. The van der Waals surface area contributed by atoms with Crippen LogP contribution in [0.1, 0.15) is 81.4 Å². The molecule has 0 N–H and O–H groups in total. The number of benzene rings is 2. The Hall–Kier alpha value is -1.76. The quantitative estimate of drug-likeness (QED) is 0.457. The van der Waals surface area contributed by atoms with Gasteiger partial charge in [-0.2, -0.15) is 0 Å². The van der Waals surface area contributed by atoms with Gasteiger partial charge in [0, 0.05) is 5.41 Å². The fourth-order valence-corrected chi connectivity index (χ4v) is 4.36. The monoisotopic (exact) mass is 350 g/mol. The summed E-state index contributed by atoms with van der Waals surface area (Å²) in [4.78, 5) is 0. The molecule has 1 aliphatic rings.